The molecule has 1 aromatic heterocycles. The summed E-state index contributed by atoms with van der Waals surface area (Å²) in [4.78, 5) is 15.2. The van der Waals surface area contributed by atoms with E-state index >= 15 is 0 Å². The van der Waals surface area contributed by atoms with Crippen LogP contribution in [-0.2, 0) is 13.1 Å². The Bertz CT molecular complexity index is 1450. The third-order valence-corrected chi connectivity index (χ3v) is 6.18. The number of hydrogen-bond acceptors (Lipinski definition) is 1. The Hall–Kier alpha value is -3.92. The SMILES string of the molecule is CCn1c2ccccc2c2cc(CN(C(=O)c3ccc(C)cc3)c3ccc(F)cc3)ccc21. The highest BCUT2D eigenvalue weighted by Crippen LogP contribution is 2.31. The molecule has 0 atom stereocenters. The molecule has 4 heteroatoms. The van der Waals surface area contributed by atoms with Gasteiger partial charge in [-0.25, -0.2) is 4.39 Å². The fourth-order valence-corrected chi connectivity index (χ4v) is 4.48. The lowest BCUT2D eigenvalue weighted by Crippen LogP contribution is -2.30. The van der Waals surface area contributed by atoms with Crippen LogP contribution in [-0.4, -0.2) is 10.5 Å². The average Bonchev–Trinajstić information content (AvgIpc) is 3.16. The van der Waals surface area contributed by atoms with Crippen molar-refractivity contribution in [1.82, 2.24) is 4.57 Å². The van der Waals surface area contributed by atoms with E-state index in [0.29, 0.717) is 17.8 Å². The van der Waals surface area contributed by atoms with Crippen molar-refractivity contribution in [3.05, 3.63) is 114 Å². The quantitative estimate of drug-likeness (QED) is 0.288. The zero-order chi connectivity index (χ0) is 22.9. The number of aryl methyl sites for hydroxylation is 2. The monoisotopic (exact) mass is 436 g/mol. The van der Waals surface area contributed by atoms with Gasteiger partial charge in [0.25, 0.3) is 5.91 Å². The summed E-state index contributed by atoms with van der Waals surface area (Å²) in [6.45, 7) is 5.42. The van der Waals surface area contributed by atoms with Crippen molar-refractivity contribution >= 4 is 33.4 Å². The van der Waals surface area contributed by atoms with Crippen LogP contribution in [0.2, 0.25) is 0 Å². The number of aromatic nitrogens is 1. The molecule has 0 aliphatic rings. The van der Waals surface area contributed by atoms with Crippen LogP contribution in [0.5, 0.6) is 0 Å². The molecule has 1 amide bonds. The van der Waals surface area contributed by atoms with E-state index in [9.17, 15) is 9.18 Å². The fraction of sp³-hybridized carbons (Fsp3) is 0.138. The van der Waals surface area contributed by atoms with Crippen LogP contribution in [0.1, 0.15) is 28.4 Å². The number of anilines is 1. The van der Waals surface area contributed by atoms with E-state index in [2.05, 4.69) is 54.0 Å². The highest BCUT2D eigenvalue weighted by molar-refractivity contribution is 6.09. The minimum Gasteiger partial charge on any atom is -0.341 e. The summed E-state index contributed by atoms with van der Waals surface area (Å²) < 4.78 is 15.9. The van der Waals surface area contributed by atoms with Crippen molar-refractivity contribution in [2.45, 2.75) is 26.9 Å². The number of para-hydroxylation sites is 1. The van der Waals surface area contributed by atoms with Gasteiger partial charge in [-0.15, -0.1) is 0 Å². The molecule has 4 aromatic carbocycles. The van der Waals surface area contributed by atoms with Crippen molar-refractivity contribution in [2.24, 2.45) is 0 Å². The van der Waals surface area contributed by atoms with E-state index in [1.807, 2.05) is 31.2 Å². The maximum absolute atomic E-state index is 13.6. The summed E-state index contributed by atoms with van der Waals surface area (Å²) in [6, 6.07) is 28.4. The number of carbonyl (C=O) groups excluding carboxylic acids is 1. The highest BCUT2D eigenvalue weighted by atomic mass is 19.1. The van der Waals surface area contributed by atoms with Crippen molar-refractivity contribution in [3.63, 3.8) is 0 Å². The van der Waals surface area contributed by atoms with Crippen molar-refractivity contribution in [2.75, 3.05) is 4.90 Å². The summed E-state index contributed by atoms with van der Waals surface area (Å²) in [5.74, 6) is -0.437. The van der Waals surface area contributed by atoms with E-state index in [-0.39, 0.29) is 11.7 Å². The highest BCUT2D eigenvalue weighted by Gasteiger charge is 2.19. The second-order valence-electron chi connectivity index (χ2n) is 8.35. The molecule has 0 saturated carbocycles. The average molecular weight is 437 g/mol. The van der Waals surface area contributed by atoms with Crippen LogP contribution >= 0.6 is 0 Å². The van der Waals surface area contributed by atoms with E-state index in [0.717, 1.165) is 17.7 Å². The van der Waals surface area contributed by atoms with Gasteiger partial charge >= 0.3 is 0 Å². The number of hydrogen-bond donors (Lipinski definition) is 0. The van der Waals surface area contributed by atoms with Gasteiger partial charge in [0.15, 0.2) is 0 Å². The summed E-state index contributed by atoms with van der Waals surface area (Å²) in [5.41, 5.74) is 5.77. The molecule has 164 valence electrons. The van der Waals surface area contributed by atoms with Gasteiger partial charge in [-0.1, -0.05) is 42.0 Å². The van der Waals surface area contributed by atoms with E-state index in [1.165, 1.54) is 33.9 Å². The first kappa shape index (κ1) is 21.0. The zero-order valence-corrected chi connectivity index (χ0v) is 18.8. The molecule has 0 bridgehead atoms. The van der Waals surface area contributed by atoms with Gasteiger partial charge in [-0.3, -0.25) is 4.79 Å². The van der Waals surface area contributed by atoms with E-state index in [4.69, 9.17) is 0 Å². The summed E-state index contributed by atoms with van der Waals surface area (Å²) in [6.07, 6.45) is 0. The van der Waals surface area contributed by atoms with E-state index < -0.39 is 0 Å². The summed E-state index contributed by atoms with van der Waals surface area (Å²) >= 11 is 0. The molecule has 0 unspecified atom stereocenters. The largest absolute Gasteiger partial charge is 0.341 e. The number of amides is 1. The molecular weight excluding hydrogens is 411 g/mol. The molecule has 0 saturated heterocycles. The van der Waals surface area contributed by atoms with Crippen molar-refractivity contribution in [1.29, 1.82) is 0 Å². The summed E-state index contributed by atoms with van der Waals surface area (Å²) in [7, 11) is 0. The van der Waals surface area contributed by atoms with Crippen LogP contribution in [0, 0.1) is 12.7 Å². The second-order valence-corrected chi connectivity index (χ2v) is 8.35. The van der Waals surface area contributed by atoms with Crippen LogP contribution in [0.25, 0.3) is 21.8 Å². The number of carbonyl (C=O) groups is 1. The van der Waals surface area contributed by atoms with Crippen LogP contribution in [0.4, 0.5) is 10.1 Å². The summed E-state index contributed by atoms with van der Waals surface area (Å²) in [5, 5.41) is 2.38. The van der Waals surface area contributed by atoms with E-state index in [1.54, 1.807) is 17.0 Å². The number of rotatable bonds is 5. The first-order chi connectivity index (χ1) is 16.0. The molecule has 5 rings (SSSR count). The van der Waals surface area contributed by atoms with Crippen LogP contribution < -0.4 is 4.90 Å². The Kier molecular flexibility index (Phi) is 5.43. The third kappa shape index (κ3) is 3.89. The molecule has 1 heterocycles. The van der Waals surface area contributed by atoms with Gasteiger partial charge in [0.05, 0.1) is 6.54 Å². The van der Waals surface area contributed by atoms with Gasteiger partial charge in [0.1, 0.15) is 5.82 Å². The normalized spacial score (nSPS) is 11.2. The zero-order valence-electron chi connectivity index (χ0n) is 18.8. The van der Waals surface area contributed by atoms with Gasteiger partial charge < -0.3 is 9.47 Å². The Labute approximate surface area is 192 Å². The van der Waals surface area contributed by atoms with Gasteiger partial charge in [-0.05, 0) is 74.0 Å². The predicted octanol–water partition coefficient (Wildman–Crippen LogP) is 7.11. The topological polar surface area (TPSA) is 25.2 Å². The molecule has 0 fully saturated rings. The lowest BCUT2D eigenvalue weighted by Gasteiger charge is -2.23. The number of fused-ring (bicyclic) bond motifs is 3. The number of halogens is 1. The minimum absolute atomic E-state index is 0.113. The standard InChI is InChI=1S/C29H25FN2O/c1-3-31-27-7-5-4-6-25(27)26-18-21(10-17-28(26)31)19-32(24-15-13-23(30)14-16-24)29(33)22-11-8-20(2)9-12-22/h4-18H,3,19H2,1-2H3. The van der Waals surface area contributed by atoms with Crippen molar-refractivity contribution < 1.29 is 9.18 Å². The maximum atomic E-state index is 13.6. The third-order valence-electron chi connectivity index (χ3n) is 6.18. The molecule has 5 aromatic rings. The molecule has 0 aliphatic heterocycles. The minimum atomic E-state index is -0.324. The Morgan fingerprint density at radius 1 is 0.848 bits per heavy atom. The molecular formula is C29H25FN2O. The molecule has 0 aliphatic carbocycles. The molecule has 33 heavy (non-hydrogen) atoms. The van der Waals surface area contributed by atoms with Crippen LogP contribution in [0.3, 0.4) is 0 Å². The fourth-order valence-electron chi connectivity index (χ4n) is 4.48. The van der Waals surface area contributed by atoms with Gasteiger partial charge in [-0.2, -0.15) is 0 Å². The smallest absolute Gasteiger partial charge is 0.258 e. The van der Waals surface area contributed by atoms with Crippen molar-refractivity contribution in [3.8, 4) is 0 Å². The first-order valence-electron chi connectivity index (χ1n) is 11.2. The molecule has 0 N–H and O–H groups in total. The lowest BCUT2D eigenvalue weighted by molar-refractivity contribution is 0.0985. The van der Waals surface area contributed by atoms with Crippen LogP contribution in [0.15, 0.2) is 91.0 Å². The van der Waals surface area contributed by atoms with Gasteiger partial charge in [0, 0.05) is 39.6 Å². The molecule has 0 radical (unpaired) electrons. The number of benzene rings is 4. The Morgan fingerprint density at radius 3 is 2.27 bits per heavy atom. The molecule has 3 nitrogen and oxygen atoms in total. The first-order valence-corrected chi connectivity index (χ1v) is 11.2. The second kappa shape index (κ2) is 8.55. The number of nitrogens with zero attached hydrogens (tertiary/aromatic N) is 2. The molecule has 0 spiro atoms. The lowest BCUT2D eigenvalue weighted by atomic mass is 10.1. The Balaban J connectivity index is 1.58. The predicted molar refractivity (Wildman–Crippen MR) is 133 cm³/mol. The maximum Gasteiger partial charge on any atom is 0.258 e. The Morgan fingerprint density at radius 2 is 1.55 bits per heavy atom. The van der Waals surface area contributed by atoms with Gasteiger partial charge in [0.2, 0.25) is 0 Å².